The molecule has 6 rings (SSSR count). The minimum atomic E-state index is -0.513. The average Bonchev–Trinajstić information content (AvgIpc) is 3.58. The molecule has 44 heavy (non-hydrogen) atoms. The second-order valence-corrected chi connectivity index (χ2v) is 11.2. The lowest BCUT2D eigenvalue weighted by Gasteiger charge is -2.09. The van der Waals surface area contributed by atoms with E-state index < -0.39 is 5.82 Å². The van der Waals surface area contributed by atoms with Gasteiger partial charge in [0.15, 0.2) is 0 Å². The first-order valence-electron chi connectivity index (χ1n) is 14.0. The molecular formula is C33H29ClFN7O2. The fraction of sp³-hybridized carbons (Fsp3) is 0.182. The third kappa shape index (κ3) is 5.51. The third-order valence-corrected chi connectivity index (χ3v) is 8.19. The zero-order chi connectivity index (χ0) is 31.1. The molecule has 0 spiro atoms. The van der Waals surface area contributed by atoms with Crippen LogP contribution >= 0.6 is 11.6 Å². The molecule has 11 heteroatoms. The molecule has 0 radical (unpaired) electrons. The van der Waals surface area contributed by atoms with Crippen LogP contribution < -0.4 is 10.9 Å². The third-order valence-electron chi connectivity index (χ3n) is 7.78. The summed E-state index contributed by atoms with van der Waals surface area (Å²) in [7, 11) is 1.73. The number of para-hydroxylation sites is 1. The zero-order valence-electron chi connectivity index (χ0n) is 24.6. The summed E-state index contributed by atoms with van der Waals surface area (Å²) in [5, 5.41) is 17.3. The van der Waals surface area contributed by atoms with E-state index in [9.17, 15) is 14.0 Å². The van der Waals surface area contributed by atoms with Gasteiger partial charge in [0.2, 0.25) is 5.91 Å². The molecule has 0 bridgehead atoms. The fourth-order valence-corrected chi connectivity index (χ4v) is 5.51. The number of carbonyl (C=O) groups is 1. The van der Waals surface area contributed by atoms with Crippen molar-refractivity contribution in [2.45, 2.75) is 33.7 Å². The van der Waals surface area contributed by atoms with E-state index in [1.807, 2.05) is 69.3 Å². The van der Waals surface area contributed by atoms with Crippen LogP contribution in [0.3, 0.4) is 0 Å². The number of hydrogen-bond donors (Lipinski definition) is 1. The first-order chi connectivity index (χ1) is 21.1. The predicted octanol–water partition coefficient (Wildman–Crippen LogP) is 5.93. The maximum absolute atomic E-state index is 14.9. The summed E-state index contributed by atoms with van der Waals surface area (Å²) in [5.41, 5.74) is 6.22. The number of hydrogen-bond acceptors (Lipinski definition) is 5. The predicted molar refractivity (Wildman–Crippen MR) is 169 cm³/mol. The van der Waals surface area contributed by atoms with Gasteiger partial charge in [0.05, 0.1) is 36.1 Å². The molecule has 222 valence electrons. The van der Waals surface area contributed by atoms with Crippen LogP contribution in [0.15, 0.2) is 77.7 Å². The van der Waals surface area contributed by atoms with E-state index in [1.165, 1.54) is 22.9 Å². The molecule has 0 atom stereocenters. The molecule has 3 heterocycles. The van der Waals surface area contributed by atoms with Gasteiger partial charge in [0.1, 0.15) is 11.5 Å². The number of pyridine rings is 1. The van der Waals surface area contributed by atoms with Crippen molar-refractivity contribution in [2.75, 3.05) is 5.32 Å². The molecule has 1 amide bonds. The van der Waals surface area contributed by atoms with E-state index in [0.717, 1.165) is 39.1 Å². The Labute approximate surface area is 257 Å². The smallest absolute Gasteiger partial charge is 0.255 e. The van der Waals surface area contributed by atoms with Gasteiger partial charge in [-0.2, -0.15) is 5.10 Å². The van der Waals surface area contributed by atoms with Crippen molar-refractivity contribution >= 4 is 34.1 Å². The van der Waals surface area contributed by atoms with Crippen LogP contribution in [-0.2, 0) is 24.8 Å². The van der Waals surface area contributed by atoms with Crippen LogP contribution in [0.25, 0.3) is 27.8 Å². The van der Waals surface area contributed by atoms with Crippen molar-refractivity contribution in [1.82, 2.24) is 29.3 Å². The zero-order valence-corrected chi connectivity index (χ0v) is 25.4. The standard InChI is InChI=1S/C33H29ClFN7O2/c1-19-9-11-25(15-28(19)34)42-21(3)26(20(2)38-42)16-32(43)36-24-10-12-29(35)27(14-24)30-18-41(39-37-30)17-23-13-22-7-5-6-8-31(22)40(4)33(23)44/h5-15,18H,16-17H2,1-4H3,(H,36,43). The molecule has 0 aliphatic rings. The quantitative estimate of drug-likeness (QED) is 0.242. The Morgan fingerprint density at radius 2 is 1.82 bits per heavy atom. The fourth-order valence-electron chi connectivity index (χ4n) is 5.34. The molecule has 0 unspecified atom stereocenters. The lowest BCUT2D eigenvalue weighted by molar-refractivity contribution is -0.115. The Morgan fingerprint density at radius 3 is 2.61 bits per heavy atom. The van der Waals surface area contributed by atoms with Crippen LogP contribution in [0, 0.1) is 26.6 Å². The normalized spacial score (nSPS) is 11.3. The Morgan fingerprint density at radius 1 is 1.02 bits per heavy atom. The number of anilines is 1. The number of aryl methyl sites for hydroxylation is 3. The number of nitrogens with one attached hydrogen (secondary N) is 1. The van der Waals surface area contributed by atoms with Gasteiger partial charge in [-0.3, -0.25) is 9.59 Å². The van der Waals surface area contributed by atoms with Crippen molar-refractivity contribution in [3.63, 3.8) is 0 Å². The summed E-state index contributed by atoms with van der Waals surface area (Å²) in [5.74, 6) is -0.785. The van der Waals surface area contributed by atoms with Gasteiger partial charge in [-0.05, 0) is 74.2 Å². The van der Waals surface area contributed by atoms with Crippen LogP contribution in [0.4, 0.5) is 10.1 Å². The summed E-state index contributed by atoms with van der Waals surface area (Å²) in [6.45, 7) is 5.86. The van der Waals surface area contributed by atoms with Crippen molar-refractivity contribution in [3.05, 3.63) is 122 Å². The van der Waals surface area contributed by atoms with E-state index in [0.29, 0.717) is 16.3 Å². The Hall–Kier alpha value is -5.09. The maximum atomic E-state index is 14.9. The lowest BCUT2D eigenvalue weighted by atomic mass is 10.1. The summed E-state index contributed by atoms with van der Waals surface area (Å²) in [6, 6.07) is 19.5. The first kappa shape index (κ1) is 29.0. The number of nitrogens with zero attached hydrogens (tertiary/aromatic N) is 6. The number of fused-ring (bicyclic) bond motifs is 1. The van der Waals surface area contributed by atoms with Crippen LogP contribution in [-0.4, -0.2) is 35.2 Å². The number of rotatable bonds is 7. The molecule has 0 saturated carbocycles. The molecule has 0 saturated heterocycles. The Balaban J connectivity index is 1.20. The van der Waals surface area contributed by atoms with Gasteiger partial charge < -0.3 is 9.88 Å². The molecule has 1 N–H and O–H groups in total. The highest BCUT2D eigenvalue weighted by Gasteiger charge is 2.18. The largest absolute Gasteiger partial charge is 0.326 e. The molecule has 3 aromatic heterocycles. The number of benzene rings is 3. The van der Waals surface area contributed by atoms with Gasteiger partial charge in [-0.15, -0.1) is 5.10 Å². The highest BCUT2D eigenvalue weighted by molar-refractivity contribution is 6.31. The molecular weight excluding hydrogens is 581 g/mol. The minimum Gasteiger partial charge on any atom is -0.326 e. The van der Waals surface area contributed by atoms with Crippen molar-refractivity contribution in [1.29, 1.82) is 0 Å². The Kier molecular flexibility index (Phi) is 7.60. The van der Waals surface area contributed by atoms with Crippen LogP contribution in [0.2, 0.25) is 5.02 Å². The van der Waals surface area contributed by atoms with Crippen LogP contribution in [0.1, 0.15) is 28.1 Å². The summed E-state index contributed by atoms with van der Waals surface area (Å²) in [4.78, 5) is 26.0. The topological polar surface area (TPSA) is 99.6 Å². The summed E-state index contributed by atoms with van der Waals surface area (Å²) in [6.07, 6.45) is 1.66. The van der Waals surface area contributed by atoms with Gasteiger partial charge in [0, 0.05) is 40.1 Å². The average molecular weight is 610 g/mol. The number of aromatic nitrogens is 6. The lowest BCUT2D eigenvalue weighted by Crippen LogP contribution is -2.23. The molecule has 0 aliphatic carbocycles. The molecule has 6 aromatic rings. The minimum absolute atomic E-state index is 0.0842. The molecule has 0 fully saturated rings. The van der Waals surface area contributed by atoms with Crippen molar-refractivity contribution in [3.8, 4) is 16.9 Å². The van der Waals surface area contributed by atoms with Gasteiger partial charge in [-0.1, -0.05) is 41.1 Å². The second-order valence-electron chi connectivity index (χ2n) is 10.8. The van der Waals surface area contributed by atoms with Crippen molar-refractivity contribution in [2.24, 2.45) is 7.05 Å². The number of halogens is 2. The highest BCUT2D eigenvalue weighted by atomic mass is 35.5. The maximum Gasteiger partial charge on any atom is 0.255 e. The Bertz CT molecular complexity index is 2130. The molecule has 0 aliphatic heterocycles. The van der Waals surface area contributed by atoms with E-state index in [-0.39, 0.29) is 35.7 Å². The van der Waals surface area contributed by atoms with Crippen molar-refractivity contribution < 1.29 is 9.18 Å². The summed E-state index contributed by atoms with van der Waals surface area (Å²) >= 11 is 6.32. The molecule has 9 nitrogen and oxygen atoms in total. The van der Waals surface area contributed by atoms with E-state index >= 15 is 0 Å². The monoisotopic (exact) mass is 609 g/mol. The second kappa shape index (κ2) is 11.5. The number of carbonyl (C=O) groups excluding carboxylic acids is 1. The first-order valence-corrected chi connectivity index (χ1v) is 14.4. The van der Waals surface area contributed by atoms with Gasteiger partial charge in [-0.25, -0.2) is 13.8 Å². The van der Waals surface area contributed by atoms with E-state index in [2.05, 4.69) is 20.7 Å². The number of amides is 1. The van der Waals surface area contributed by atoms with Gasteiger partial charge >= 0.3 is 0 Å². The molecule has 3 aromatic carbocycles. The van der Waals surface area contributed by atoms with Gasteiger partial charge in [0.25, 0.3) is 5.56 Å². The summed E-state index contributed by atoms with van der Waals surface area (Å²) < 4.78 is 19.8. The van der Waals surface area contributed by atoms with E-state index in [1.54, 1.807) is 22.5 Å². The van der Waals surface area contributed by atoms with Crippen LogP contribution in [0.5, 0.6) is 0 Å². The SMILES string of the molecule is Cc1ccc(-n2nc(C)c(CC(=O)Nc3ccc(F)c(-c4cn(Cc5cc6ccccc6n(C)c5=O)nn4)c3)c2C)cc1Cl. The van der Waals surface area contributed by atoms with E-state index in [4.69, 9.17) is 11.6 Å². The highest BCUT2D eigenvalue weighted by Crippen LogP contribution is 2.26.